The molecule has 1 saturated heterocycles. The monoisotopic (exact) mass is 404 g/mol. The summed E-state index contributed by atoms with van der Waals surface area (Å²) in [5.74, 6) is -1.47. The summed E-state index contributed by atoms with van der Waals surface area (Å²) < 4.78 is 51.4. The van der Waals surface area contributed by atoms with Crippen molar-refractivity contribution < 1.29 is 26.7 Å². The second kappa shape index (κ2) is 7.63. The number of sulfone groups is 1. The zero-order valence-electron chi connectivity index (χ0n) is 15.0. The van der Waals surface area contributed by atoms with E-state index in [-0.39, 0.29) is 34.9 Å². The molecule has 1 aromatic rings. The minimum atomic E-state index is -4.04. The number of aromatic carboxylic acids is 1. The van der Waals surface area contributed by atoms with Crippen LogP contribution in [0.5, 0.6) is 0 Å². The third-order valence-corrected chi connectivity index (χ3v) is 8.25. The summed E-state index contributed by atoms with van der Waals surface area (Å²) in [6, 6.07) is 3.30. The maximum absolute atomic E-state index is 13.3. The van der Waals surface area contributed by atoms with E-state index < -0.39 is 31.9 Å². The Hall–Kier alpha value is -1.49. The lowest BCUT2D eigenvalue weighted by Crippen LogP contribution is -2.44. The van der Waals surface area contributed by atoms with Gasteiger partial charge in [-0.1, -0.05) is 6.07 Å². The molecule has 0 amide bonds. The summed E-state index contributed by atoms with van der Waals surface area (Å²) in [6.45, 7) is 2.15. The van der Waals surface area contributed by atoms with Crippen molar-refractivity contribution in [2.45, 2.75) is 24.3 Å². The van der Waals surface area contributed by atoms with Crippen molar-refractivity contribution in [1.29, 1.82) is 0 Å². The van der Waals surface area contributed by atoms with E-state index >= 15 is 0 Å². The van der Waals surface area contributed by atoms with E-state index in [4.69, 9.17) is 5.11 Å². The van der Waals surface area contributed by atoms with Crippen molar-refractivity contribution in [2.75, 3.05) is 38.7 Å². The van der Waals surface area contributed by atoms with Crippen LogP contribution in [-0.4, -0.2) is 81.8 Å². The predicted molar refractivity (Wildman–Crippen MR) is 97.6 cm³/mol. The first-order valence-corrected chi connectivity index (χ1v) is 11.4. The molecule has 0 saturated carbocycles. The first-order valence-electron chi connectivity index (χ1n) is 8.15. The summed E-state index contributed by atoms with van der Waals surface area (Å²) in [5, 5.41) is 9.17. The van der Waals surface area contributed by atoms with Crippen molar-refractivity contribution in [1.82, 2.24) is 9.21 Å². The van der Waals surface area contributed by atoms with Gasteiger partial charge in [0.2, 0.25) is 10.0 Å². The van der Waals surface area contributed by atoms with Gasteiger partial charge in [-0.25, -0.2) is 21.6 Å². The van der Waals surface area contributed by atoms with Gasteiger partial charge in [-0.05, 0) is 45.1 Å². The number of aryl methyl sites for hydroxylation is 1. The van der Waals surface area contributed by atoms with Crippen molar-refractivity contribution in [3.05, 3.63) is 29.3 Å². The summed E-state index contributed by atoms with van der Waals surface area (Å²) in [5.41, 5.74) is 0.298. The summed E-state index contributed by atoms with van der Waals surface area (Å²) in [6.07, 6.45) is 0.243. The van der Waals surface area contributed by atoms with Crippen LogP contribution in [0.25, 0.3) is 0 Å². The number of rotatable bonds is 7. The number of hydrogen-bond acceptors (Lipinski definition) is 6. The molecule has 0 aliphatic carbocycles. The summed E-state index contributed by atoms with van der Waals surface area (Å²) >= 11 is 0. The fourth-order valence-corrected chi connectivity index (χ4v) is 6.66. The standard InChI is InChI=1S/C16H24N2O6S2/c1-12-4-5-13(16(19)20)10-15(12)26(23,24)18(8-7-17(2)3)14-6-9-25(21,22)11-14/h4-5,10,14H,6-9,11H2,1-3H3,(H,19,20)/t14-/m1/s1. The fourth-order valence-electron chi connectivity index (χ4n) is 2.94. The van der Waals surface area contributed by atoms with Gasteiger partial charge in [-0.15, -0.1) is 0 Å². The topological polar surface area (TPSA) is 112 Å². The van der Waals surface area contributed by atoms with Gasteiger partial charge in [0.05, 0.1) is 22.0 Å². The van der Waals surface area contributed by atoms with Crippen LogP contribution in [0, 0.1) is 6.92 Å². The molecule has 0 unspecified atom stereocenters. The van der Waals surface area contributed by atoms with E-state index in [1.165, 1.54) is 16.4 Å². The van der Waals surface area contributed by atoms with E-state index in [1.807, 2.05) is 4.90 Å². The average Bonchev–Trinajstić information content (AvgIpc) is 2.86. The second-order valence-corrected chi connectivity index (χ2v) is 10.8. The van der Waals surface area contributed by atoms with Gasteiger partial charge in [0.15, 0.2) is 9.84 Å². The van der Waals surface area contributed by atoms with Gasteiger partial charge < -0.3 is 10.0 Å². The molecular formula is C16H24N2O6S2. The molecule has 0 spiro atoms. The molecule has 0 aromatic heterocycles. The molecule has 1 atom stereocenters. The zero-order valence-corrected chi connectivity index (χ0v) is 16.7. The Bertz CT molecular complexity index is 893. The Morgan fingerprint density at radius 2 is 1.92 bits per heavy atom. The van der Waals surface area contributed by atoms with Crippen LogP contribution in [0.4, 0.5) is 0 Å². The van der Waals surface area contributed by atoms with E-state index in [2.05, 4.69) is 0 Å². The van der Waals surface area contributed by atoms with Crippen LogP contribution >= 0.6 is 0 Å². The third-order valence-electron chi connectivity index (χ3n) is 4.41. The number of benzene rings is 1. The largest absolute Gasteiger partial charge is 0.478 e. The number of hydrogen-bond donors (Lipinski definition) is 1. The SMILES string of the molecule is Cc1ccc(C(=O)O)cc1S(=O)(=O)N(CCN(C)C)[C@@H]1CCS(=O)(=O)C1. The molecule has 1 N–H and O–H groups in total. The second-order valence-electron chi connectivity index (χ2n) is 6.76. The maximum atomic E-state index is 13.3. The molecule has 0 bridgehead atoms. The number of nitrogens with zero attached hydrogens (tertiary/aromatic N) is 2. The van der Waals surface area contributed by atoms with Gasteiger partial charge in [-0.2, -0.15) is 4.31 Å². The summed E-state index contributed by atoms with van der Waals surface area (Å²) in [4.78, 5) is 12.9. The van der Waals surface area contributed by atoms with Crippen LogP contribution in [-0.2, 0) is 19.9 Å². The van der Waals surface area contributed by atoms with E-state index in [0.29, 0.717) is 12.1 Å². The van der Waals surface area contributed by atoms with E-state index in [9.17, 15) is 21.6 Å². The van der Waals surface area contributed by atoms with Crippen molar-refractivity contribution in [2.24, 2.45) is 0 Å². The van der Waals surface area contributed by atoms with Gasteiger partial charge in [0, 0.05) is 19.1 Å². The Balaban J connectivity index is 2.48. The first-order chi connectivity index (χ1) is 11.9. The highest BCUT2D eigenvalue weighted by atomic mass is 32.2. The Kier molecular flexibility index (Phi) is 6.11. The highest BCUT2D eigenvalue weighted by Crippen LogP contribution is 2.27. The molecule has 1 aliphatic heterocycles. The average molecular weight is 405 g/mol. The minimum absolute atomic E-state index is 0.0419. The molecule has 1 heterocycles. The molecule has 1 fully saturated rings. The van der Waals surface area contributed by atoms with Crippen LogP contribution in [0.2, 0.25) is 0 Å². The maximum Gasteiger partial charge on any atom is 0.335 e. The fraction of sp³-hybridized carbons (Fsp3) is 0.562. The molecule has 8 nitrogen and oxygen atoms in total. The lowest BCUT2D eigenvalue weighted by atomic mass is 10.1. The minimum Gasteiger partial charge on any atom is -0.478 e. The number of carboxylic acids is 1. The number of carbonyl (C=O) groups is 1. The first kappa shape index (κ1) is 20.8. The predicted octanol–water partition coefficient (Wildman–Crippen LogP) is 0.433. The Morgan fingerprint density at radius 3 is 2.42 bits per heavy atom. The Morgan fingerprint density at radius 1 is 1.27 bits per heavy atom. The molecule has 0 radical (unpaired) electrons. The highest BCUT2D eigenvalue weighted by Gasteiger charge is 2.39. The molecule has 146 valence electrons. The van der Waals surface area contributed by atoms with Crippen molar-refractivity contribution in [3.8, 4) is 0 Å². The number of sulfonamides is 1. The van der Waals surface area contributed by atoms with E-state index in [0.717, 1.165) is 6.07 Å². The Labute approximate surface area is 154 Å². The zero-order chi connectivity index (χ0) is 19.7. The van der Waals surface area contributed by atoms with Crippen LogP contribution in [0.3, 0.4) is 0 Å². The van der Waals surface area contributed by atoms with Gasteiger partial charge in [-0.3, -0.25) is 0 Å². The lowest BCUT2D eigenvalue weighted by Gasteiger charge is -2.29. The third kappa shape index (κ3) is 4.61. The molecule has 1 aromatic carbocycles. The molecule has 26 heavy (non-hydrogen) atoms. The van der Waals surface area contributed by atoms with E-state index in [1.54, 1.807) is 21.0 Å². The van der Waals surface area contributed by atoms with Gasteiger partial charge in [0.1, 0.15) is 0 Å². The molecule has 10 heteroatoms. The molecule has 1 aliphatic rings. The summed E-state index contributed by atoms with van der Waals surface area (Å²) in [7, 11) is -3.71. The lowest BCUT2D eigenvalue weighted by molar-refractivity contribution is 0.0696. The quantitative estimate of drug-likeness (QED) is 0.701. The van der Waals surface area contributed by atoms with Crippen LogP contribution in [0.1, 0.15) is 22.3 Å². The molecule has 2 rings (SSSR count). The van der Waals surface area contributed by atoms with Crippen LogP contribution < -0.4 is 0 Å². The highest BCUT2D eigenvalue weighted by molar-refractivity contribution is 7.92. The number of likely N-dealkylation sites (N-methyl/N-ethyl adjacent to an activating group) is 1. The normalized spacial score (nSPS) is 20.0. The smallest absolute Gasteiger partial charge is 0.335 e. The van der Waals surface area contributed by atoms with Gasteiger partial charge >= 0.3 is 5.97 Å². The number of carboxylic acid groups (broad SMARTS) is 1. The van der Waals surface area contributed by atoms with Crippen molar-refractivity contribution >= 4 is 25.8 Å². The van der Waals surface area contributed by atoms with Gasteiger partial charge in [0.25, 0.3) is 0 Å². The molecular weight excluding hydrogens is 380 g/mol. The van der Waals surface area contributed by atoms with Crippen molar-refractivity contribution in [3.63, 3.8) is 0 Å². The van der Waals surface area contributed by atoms with Crippen LogP contribution in [0.15, 0.2) is 23.1 Å².